The van der Waals surface area contributed by atoms with Gasteiger partial charge in [0.15, 0.2) is 9.84 Å². The fourth-order valence-corrected chi connectivity index (χ4v) is 4.21. The molecule has 0 amide bonds. The number of benzene rings is 1. The van der Waals surface area contributed by atoms with Crippen LogP contribution in [0.15, 0.2) is 29.2 Å². The summed E-state index contributed by atoms with van der Waals surface area (Å²) in [6.07, 6.45) is 1.84. The quantitative estimate of drug-likeness (QED) is 0.910. The van der Waals surface area contributed by atoms with Gasteiger partial charge in [-0.2, -0.15) is 0 Å². The van der Waals surface area contributed by atoms with Crippen LogP contribution in [0.25, 0.3) is 0 Å². The highest BCUT2D eigenvalue weighted by Crippen LogP contribution is 2.48. The summed E-state index contributed by atoms with van der Waals surface area (Å²) < 4.78 is 24.8. The monoisotopic (exact) mass is 267 g/mol. The van der Waals surface area contributed by atoms with Crippen LogP contribution in [0.1, 0.15) is 32.3 Å². The molecule has 0 heterocycles. The fourth-order valence-electron chi connectivity index (χ4n) is 2.26. The Morgan fingerprint density at radius 1 is 1.22 bits per heavy atom. The van der Waals surface area contributed by atoms with Crippen molar-refractivity contribution in [1.29, 1.82) is 0 Å². The molecule has 3 nitrogen and oxygen atoms in total. The Kier molecular flexibility index (Phi) is 3.06. The number of aryl methyl sites for hydroxylation is 1. The molecule has 2 rings (SSSR count). The summed E-state index contributed by atoms with van der Waals surface area (Å²) in [4.78, 5) is 0.394. The molecule has 0 spiro atoms. The standard InChI is InChI=1S/C14H21NO2S/c1-11-4-6-12(7-5-11)18(16,17)10-13(2,3)14(15)8-9-14/h4-7H,8-10,15H2,1-3H3. The molecule has 2 N–H and O–H groups in total. The summed E-state index contributed by atoms with van der Waals surface area (Å²) in [7, 11) is -3.26. The predicted molar refractivity (Wildman–Crippen MR) is 73.2 cm³/mol. The van der Waals surface area contributed by atoms with Gasteiger partial charge in [0.2, 0.25) is 0 Å². The number of hydrogen-bond donors (Lipinski definition) is 1. The van der Waals surface area contributed by atoms with Crippen molar-refractivity contribution in [2.75, 3.05) is 5.75 Å². The van der Waals surface area contributed by atoms with Crippen molar-refractivity contribution in [3.05, 3.63) is 29.8 Å². The Balaban J connectivity index is 2.25. The zero-order valence-electron chi connectivity index (χ0n) is 11.2. The SMILES string of the molecule is Cc1ccc(S(=O)(=O)CC(C)(C)C2(N)CC2)cc1. The first kappa shape index (κ1) is 13.6. The molecule has 0 radical (unpaired) electrons. The molecule has 0 atom stereocenters. The van der Waals surface area contributed by atoms with Crippen molar-refractivity contribution in [3.8, 4) is 0 Å². The Labute approximate surface area is 109 Å². The van der Waals surface area contributed by atoms with E-state index in [2.05, 4.69) is 0 Å². The van der Waals surface area contributed by atoms with Gasteiger partial charge < -0.3 is 5.73 Å². The van der Waals surface area contributed by atoms with E-state index in [1.165, 1.54) is 0 Å². The molecule has 0 saturated heterocycles. The van der Waals surface area contributed by atoms with Crippen LogP contribution in [0.2, 0.25) is 0 Å². The fraction of sp³-hybridized carbons (Fsp3) is 0.571. The van der Waals surface area contributed by atoms with Crippen LogP contribution in [-0.2, 0) is 9.84 Å². The minimum Gasteiger partial charge on any atom is -0.325 e. The van der Waals surface area contributed by atoms with E-state index in [0.29, 0.717) is 4.90 Å². The highest BCUT2D eigenvalue weighted by molar-refractivity contribution is 7.91. The average Bonchev–Trinajstić information content (AvgIpc) is 2.97. The second-order valence-electron chi connectivity index (χ2n) is 6.11. The third-order valence-corrected chi connectivity index (χ3v) is 6.16. The lowest BCUT2D eigenvalue weighted by atomic mass is 9.85. The van der Waals surface area contributed by atoms with Gasteiger partial charge >= 0.3 is 0 Å². The van der Waals surface area contributed by atoms with Crippen LogP contribution >= 0.6 is 0 Å². The summed E-state index contributed by atoms with van der Waals surface area (Å²) in [5.41, 5.74) is 6.55. The minimum atomic E-state index is -3.26. The van der Waals surface area contributed by atoms with Gasteiger partial charge in [0.25, 0.3) is 0 Å². The minimum absolute atomic E-state index is 0.111. The van der Waals surface area contributed by atoms with Crippen molar-refractivity contribution in [3.63, 3.8) is 0 Å². The molecular weight excluding hydrogens is 246 g/mol. The van der Waals surface area contributed by atoms with Crippen LogP contribution in [0, 0.1) is 12.3 Å². The molecule has 1 fully saturated rings. The lowest BCUT2D eigenvalue weighted by Crippen LogP contribution is -2.44. The lowest BCUT2D eigenvalue weighted by Gasteiger charge is -2.31. The zero-order valence-corrected chi connectivity index (χ0v) is 12.0. The summed E-state index contributed by atoms with van der Waals surface area (Å²) >= 11 is 0. The number of hydrogen-bond acceptors (Lipinski definition) is 3. The van der Waals surface area contributed by atoms with E-state index in [0.717, 1.165) is 18.4 Å². The molecule has 18 heavy (non-hydrogen) atoms. The third kappa shape index (κ3) is 2.45. The summed E-state index contributed by atoms with van der Waals surface area (Å²) in [5, 5.41) is 0. The normalized spacial score (nSPS) is 18.7. The van der Waals surface area contributed by atoms with E-state index in [1.54, 1.807) is 12.1 Å². The number of nitrogens with two attached hydrogens (primary N) is 1. The maximum atomic E-state index is 12.4. The van der Waals surface area contributed by atoms with Crippen molar-refractivity contribution in [1.82, 2.24) is 0 Å². The Bertz CT molecular complexity index is 540. The molecule has 1 aliphatic carbocycles. The molecule has 1 aromatic rings. The van der Waals surface area contributed by atoms with Crippen LogP contribution in [0.3, 0.4) is 0 Å². The van der Waals surface area contributed by atoms with Gasteiger partial charge in [-0.3, -0.25) is 0 Å². The van der Waals surface area contributed by atoms with Gasteiger partial charge in [-0.05, 0) is 37.3 Å². The smallest absolute Gasteiger partial charge is 0.178 e. The average molecular weight is 267 g/mol. The van der Waals surface area contributed by atoms with Crippen molar-refractivity contribution in [2.45, 2.75) is 44.0 Å². The predicted octanol–water partition coefficient (Wildman–Crippen LogP) is 2.29. The van der Waals surface area contributed by atoms with Gasteiger partial charge in [-0.25, -0.2) is 8.42 Å². The topological polar surface area (TPSA) is 60.2 Å². The summed E-state index contributed by atoms with van der Waals surface area (Å²) in [6, 6.07) is 7.01. The maximum absolute atomic E-state index is 12.4. The molecule has 0 aromatic heterocycles. The van der Waals surface area contributed by atoms with E-state index in [1.807, 2.05) is 32.9 Å². The lowest BCUT2D eigenvalue weighted by molar-refractivity contribution is 0.303. The second-order valence-corrected chi connectivity index (χ2v) is 8.10. The van der Waals surface area contributed by atoms with E-state index in [-0.39, 0.29) is 16.7 Å². The van der Waals surface area contributed by atoms with E-state index >= 15 is 0 Å². The highest BCUT2D eigenvalue weighted by atomic mass is 32.2. The largest absolute Gasteiger partial charge is 0.325 e. The van der Waals surface area contributed by atoms with Crippen molar-refractivity contribution in [2.24, 2.45) is 11.1 Å². The zero-order chi connectivity index (χ0) is 13.6. The number of sulfone groups is 1. The number of rotatable bonds is 4. The van der Waals surface area contributed by atoms with Gasteiger partial charge in [-0.15, -0.1) is 0 Å². The summed E-state index contributed by atoms with van der Waals surface area (Å²) in [6.45, 7) is 5.84. The molecular formula is C14H21NO2S. The first-order valence-electron chi connectivity index (χ1n) is 6.25. The first-order valence-corrected chi connectivity index (χ1v) is 7.90. The van der Waals surface area contributed by atoms with Gasteiger partial charge in [0.05, 0.1) is 10.6 Å². The highest BCUT2D eigenvalue weighted by Gasteiger charge is 2.52. The Hall–Kier alpha value is -0.870. The van der Waals surface area contributed by atoms with E-state index in [4.69, 9.17) is 5.73 Å². The molecule has 4 heteroatoms. The Morgan fingerprint density at radius 3 is 2.17 bits per heavy atom. The van der Waals surface area contributed by atoms with Crippen LogP contribution in [0.5, 0.6) is 0 Å². The molecule has 1 saturated carbocycles. The van der Waals surface area contributed by atoms with E-state index < -0.39 is 9.84 Å². The summed E-state index contributed by atoms with van der Waals surface area (Å²) in [5.74, 6) is 0.111. The molecule has 0 unspecified atom stereocenters. The van der Waals surface area contributed by atoms with Gasteiger partial charge in [0.1, 0.15) is 0 Å². The molecule has 1 aliphatic rings. The third-order valence-electron chi connectivity index (χ3n) is 4.07. The first-order chi connectivity index (χ1) is 8.16. The second kappa shape index (κ2) is 4.07. The maximum Gasteiger partial charge on any atom is 0.178 e. The van der Waals surface area contributed by atoms with Crippen molar-refractivity contribution >= 4 is 9.84 Å². The van der Waals surface area contributed by atoms with E-state index in [9.17, 15) is 8.42 Å². The van der Waals surface area contributed by atoms with Crippen LogP contribution in [0.4, 0.5) is 0 Å². The molecule has 0 aliphatic heterocycles. The van der Waals surface area contributed by atoms with Crippen LogP contribution in [-0.4, -0.2) is 19.7 Å². The molecule has 100 valence electrons. The Morgan fingerprint density at radius 2 is 1.72 bits per heavy atom. The molecule has 1 aromatic carbocycles. The van der Waals surface area contributed by atoms with Crippen molar-refractivity contribution < 1.29 is 8.42 Å². The van der Waals surface area contributed by atoms with Gasteiger partial charge in [0, 0.05) is 5.54 Å². The molecule has 0 bridgehead atoms. The van der Waals surface area contributed by atoms with Gasteiger partial charge in [-0.1, -0.05) is 31.5 Å². The van der Waals surface area contributed by atoms with Crippen LogP contribution < -0.4 is 5.73 Å².